The number of nitrogens with two attached hydrogens (primary N) is 1. The zero-order valence-electron chi connectivity index (χ0n) is 9.23. The lowest BCUT2D eigenvalue weighted by Gasteiger charge is -1.99. The van der Waals surface area contributed by atoms with Crippen LogP contribution < -0.4 is 10.3 Å². The average Bonchev–Trinajstić information content (AvgIpc) is 2.30. The molecule has 0 aliphatic heterocycles. The number of unbranched alkanes of at least 4 members (excludes halogenated alkanes) is 3. The highest BCUT2D eigenvalue weighted by Gasteiger charge is 1.99. The normalized spacial score (nSPS) is 10.5. The van der Waals surface area contributed by atoms with Crippen LogP contribution in [0.4, 0.5) is 0 Å². The molecule has 0 aliphatic carbocycles. The molecule has 3 heteroatoms. The molecule has 0 aliphatic rings. The zero-order valence-corrected chi connectivity index (χ0v) is 10.1. The first kappa shape index (κ1) is 12.5. The summed E-state index contributed by atoms with van der Waals surface area (Å²) in [5.41, 5.74) is 6.73. The molecule has 0 fully saturated rings. The lowest BCUT2D eigenvalue weighted by molar-refractivity contribution is -0.697. The van der Waals surface area contributed by atoms with E-state index in [9.17, 15) is 0 Å². The molecule has 0 spiro atoms. The molecular weight excluding hydrogens is 204 g/mol. The maximum Gasteiger partial charge on any atom is 0.169 e. The lowest BCUT2D eigenvalue weighted by atomic mass is 10.2. The van der Waals surface area contributed by atoms with Gasteiger partial charge in [0.25, 0.3) is 0 Å². The molecule has 1 rings (SSSR count). The van der Waals surface area contributed by atoms with E-state index in [-0.39, 0.29) is 0 Å². The Bertz CT molecular complexity index is 259. The van der Waals surface area contributed by atoms with Gasteiger partial charge in [0, 0.05) is 25.1 Å². The number of thiol groups is 1. The average molecular weight is 225 g/mol. The van der Waals surface area contributed by atoms with E-state index in [4.69, 9.17) is 5.73 Å². The minimum Gasteiger partial charge on any atom is -0.326 e. The Kier molecular flexibility index (Phi) is 6.44. The minimum atomic E-state index is 0.628. The number of aromatic nitrogens is 1. The fraction of sp³-hybridized carbons (Fsp3) is 0.583. The first-order valence-corrected chi connectivity index (χ1v) is 6.29. The largest absolute Gasteiger partial charge is 0.326 e. The molecule has 1 heterocycles. The van der Waals surface area contributed by atoms with Gasteiger partial charge >= 0.3 is 0 Å². The predicted octanol–water partition coefficient (Wildman–Crippen LogP) is 1.92. The Morgan fingerprint density at radius 2 is 1.73 bits per heavy atom. The summed E-state index contributed by atoms with van der Waals surface area (Å²) in [5, 5.41) is 0. The summed E-state index contributed by atoms with van der Waals surface area (Å²) in [6.45, 7) is 1.74. The van der Waals surface area contributed by atoms with E-state index in [1.807, 2.05) is 0 Å². The Morgan fingerprint density at radius 3 is 2.33 bits per heavy atom. The number of pyridine rings is 1. The van der Waals surface area contributed by atoms with Gasteiger partial charge < -0.3 is 5.73 Å². The first-order valence-electron chi connectivity index (χ1n) is 5.65. The SMILES string of the molecule is NCc1cc[n+](CCCCCCS)cc1. The van der Waals surface area contributed by atoms with Crippen LogP contribution in [0.3, 0.4) is 0 Å². The third kappa shape index (κ3) is 5.19. The number of nitrogens with zero attached hydrogens (tertiary/aromatic N) is 1. The molecule has 84 valence electrons. The van der Waals surface area contributed by atoms with Crippen molar-refractivity contribution in [3.8, 4) is 0 Å². The standard InChI is InChI=1S/C12H20N2S/c13-11-12-5-8-14(9-6-12)7-3-1-2-4-10-15/h5-6,8-9H,1-4,7,10-11,13H2/p+1. The minimum absolute atomic E-state index is 0.628. The molecule has 0 radical (unpaired) electrons. The molecular formula is C12H21N2S+. The summed E-state index contributed by atoms with van der Waals surface area (Å²) in [6, 6.07) is 4.18. The molecule has 0 saturated heterocycles. The molecule has 0 saturated carbocycles. The maximum absolute atomic E-state index is 5.54. The van der Waals surface area contributed by atoms with Crippen LogP contribution in [0.2, 0.25) is 0 Å². The van der Waals surface area contributed by atoms with Crippen LogP contribution in [0.25, 0.3) is 0 Å². The number of hydrogen-bond acceptors (Lipinski definition) is 2. The molecule has 2 N–H and O–H groups in total. The highest BCUT2D eigenvalue weighted by atomic mass is 32.1. The summed E-state index contributed by atoms with van der Waals surface area (Å²) in [7, 11) is 0. The fourth-order valence-corrected chi connectivity index (χ4v) is 1.76. The van der Waals surface area contributed by atoms with Gasteiger partial charge in [0.2, 0.25) is 0 Å². The molecule has 1 aromatic heterocycles. The Labute approximate surface area is 97.9 Å². The van der Waals surface area contributed by atoms with E-state index >= 15 is 0 Å². The van der Waals surface area contributed by atoms with Crippen LogP contribution in [0, 0.1) is 0 Å². The van der Waals surface area contributed by atoms with Crippen LogP contribution >= 0.6 is 12.6 Å². The van der Waals surface area contributed by atoms with Gasteiger partial charge in [0.15, 0.2) is 12.4 Å². The van der Waals surface area contributed by atoms with Crippen molar-refractivity contribution in [1.82, 2.24) is 0 Å². The van der Waals surface area contributed by atoms with Crippen LogP contribution in [0.15, 0.2) is 24.5 Å². The maximum atomic E-state index is 5.54. The Hall–Kier alpha value is -0.540. The summed E-state index contributed by atoms with van der Waals surface area (Å²) >= 11 is 4.20. The molecule has 0 amide bonds. The molecule has 0 atom stereocenters. The van der Waals surface area contributed by atoms with E-state index in [0.29, 0.717) is 6.54 Å². The van der Waals surface area contributed by atoms with Gasteiger partial charge in [0.1, 0.15) is 6.54 Å². The summed E-state index contributed by atoms with van der Waals surface area (Å²) in [5.74, 6) is 1.01. The van der Waals surface area contributed by atoms with Crippen molar-refractivity contribution in [3.05, 3.63) is 30.1 Å². The first-order chi connectivity index (χ1) is 7.36. The fourth-order valence-electron chi connectivity index (χ4n) is 1.53. The predicted molar refractivity (Wildman–Crippen MR) is 66.8 cm³/mol. The Balaban J connectivity index is 2.20. The molecule has 2 nitrogen and oxygen atoms in total. The van der Waals surface area contributed by atoms with Gasteiger partial charge in [-0.3, -0.25) is 0 Å². The summed E-state index contributed by atoms with van der Waals surface area (Å²) in [6.07, 6.45) is 9.30. The van der Waals surface area contributed by atoms with Gasteiger partial charge in [-0.2, -0.15) is 12.6 Å². The highest BCUT2D eigenvalue weighted by Crippen LogP contribution is 2.00. The zero-order chi connectivity index (χ0) is 10.9. The second-order valence-corrected chi connectivity index (χ2v) is 4.23. The van der Waals surface area contributed by atoms with E-state index in [2.05, 4.69) is 41.7 Å². The second kappa shape index (κ2) is 7.71. The smallest absolute Gasteiger partial charge is 0.169 e. The van der Waals surface area contributed by atoms with Gasteiger partial charge in [-0.05, 0) is 24.2 Å². The summed E-state index contributed by atoms with van der Waals surface area (Å²) in [4.78, 5) is 0. The molecule has 0 aromatic carbocycles. The van der Waals surface area contributed by atoms with Gasteiger partial charge in [0.05, 0.1) is 0 Å². The van der Waals surface area contributed by atoms with Gasteiger partial charge in [-0.15, -0.1) is 0 Å². The third-order valence-electron chi connectivity index (χ3n) is 2.52. The second-order valence-electron chi connectivity index (χ2n) is 3.79. The van der Waals surface area contributed by atoms with Crippen LogP contribution in [-0.2, 0) is 13.1 Å². The summed E-state index contributed by atoms with van der Waals surface area (Å²) < 4.78 is 2.22. The van der Waals surface area contributed by atoms with Crippen molar-refractivity contribution >= 4 is 12.6 Å². The topological polar surface area (TPSA) is 29.9 Å². The van der Waals surface area contributed by atoms with Crippen molar-refractivity contribution in [1.29, 1.82) is 0 Å². The molecule has 15 heavy (non-hydrogen) atoms. The van der Waals surface area contributed by atoms with E-state index in [1.165, 1.54) is 31.2 Å². The third-order valence-corrected chi connectivity index (χ3v) is 2.84. The van der Waals surface area contributed by atoms with E-state index in [1.54, 1.807) is 0 Å². The van der Waals surface area contributed by atoms with Crippen molar-refractivity contribution in [2.45, 2.75) is 38.8 Å². The van der Waals surface area contributed by atoms with Gasteiger partial charge in [-0.1, -0.05) is 6.42 Å². The van der Waals surface area contributed by atoms with Crippen molar-refractivity contribution in [3.63, 3.8) is 0 Å². The van der Waals surface area contributed by atoms with Crippen LogP contribution in [0.1, 0.15) is 31.2 Å². The number of hydrogen-bond donors (Lipinski definition) is 2. The van der Waals surface area contributed by atoms with Gasteiger partial charge in [-0.25, -0.2) is 4.57 Å². The lowest BCUT2D eigenvalue weighted by Crippen LogP contribution is -2.32. The molecule has 0 bridgehead atoms. The van der Waals surface area contributed by atoms with Crippen LogP contribution in [-0.4, -0.2) is 5.75 Å². The number of rotatable bonds is 7. The van der Waals surface area contributed by atoms with Crippen molar-refractivity contribution in [2.24, 2.45) is 5.73 Å². The highest BCUT2D eigenvalue weighted by molar-refractivity contribution is 7.80. The van der Waals surface area contributed by atoms with E-state index in [0.717, 1.165) is 12.3 Å². The quantitative estimate of drug-likeness (QED) is 0.414. The number of aryl methyl sites for hydroxylation is 1. The van der Waals surface area contributed by atoms with Crippen molar-refractivity contribution < 1.29 is 4.57 Å². The Morgan fingerprint density at radius 1 is 1.07 bits per heavy atom. The molecule has 0 unspecified atom stereocenters. The molecule has 1 aromatic rings. The van der Waals surface area contributed by atoms with Crippen LogP contribution in [0.5, 0.6) is 0 Å². The van der Waals surface area contributed by atoms with E-state index < -0.39 is 0 Å². The monoisotopic (exact) mass is 225 g/mol. The van der Waals surface area contributed by atoms with Crippen molar-refractivity contribution in [2.75, 3.05) is 5.75 Å².